The third-order valence-electron chi connectivity index (χ3n) is 2.01. The minimum absolute atomic E-state index is 0.176. The lowest BCUT2D eigenvalue weighted by Gasteiger charge is -2.15. The average molecular weight is 287 g/mol. The highest BCUT2D eigenvalue weighted by Crippen LogP contribution is 2.25. The molecule has 0 bridgehead atoms. The standard InChI is InChI=1S/C10H11ClF4N2O/c1-16-3-6-2-8(17-4-7(6)11)18-5-10(14,15)9(12)13/h2,4,9,16H,3,5H2,1H3. The predicted octanol–water partition coefficient (Wildman–Crippen LogP) is 2.73. The van der Waals surface area contributed by atoms with Crippen LogP contribution in [0.5, 0.6) is 5.88 Å². The van der Waals surface area contributed by atoms with Crippen molar-refractivity contribution < 1.29 is 22.3 Å². The summed E-state index contributed by atoms with van der Waals surface area (Å²) in [5.41, 5.74) is 0.574. The molecule has 0 atom stereocenters. The summed E-state index contributed by atoms with van der Waals surface area (Å²) < 4.78 is 53.6. The van der Waals surface area contributed by atoms with E-state index in [1.807, 2.05) is 0 Å². The van der Waals surface area contributed by atoms with Crippen molar-refractivity contribution in [2.75, 3.05) is 13.7 Å². The van der Waals surface area contributed by atoms with Gasteiger partial charge in [0.2, 0.25) is 5.88 Å². The Morgan fingerprint density at radius 2 is 2.17 bits per heavy atom. The molecule has 0 aliphatic rings. The first kappa shape index (κ1) is 15.0. The molecule has 0 saturated carbocycles. The second-order valence-electron chi connectivity index (χ2n) is 3.49. The minimum Gasteiger partial charge on any atom is -0.471 e. The number of alkyl halides is 4. The molecule has 0 spiro atoms. The quantitative estimate of drug-likeness (QED) is 0.817. The Kier molecular flexibility index (Phi) is 5.15. The van der Waals surface area contributed by atoms with Crippen molar-refractivity contribution >= 4 is 11.6 Å². The summed E-state index contributed by atoms with van der Waals surface area (Å²) in [4.78, 5) is 3.62. The van der Waals surface area contributed by atoms with Crippen LogP contribution in [0.25, 0.3) is 0 Å². The Balaban J connectivity index is 2.71. The molecule has 1 N–H and O–H groups in total. The molecular formula is C10H11ClF4N2O. The molecule has 0 unspecified atom stereocenters. The Labute approximate surface area is 106 Å². The third kappa shape index (κ3) is 3.99. The predicted molar refractivity (Wildman–Crippen MR) is 58.5 cm³/mol. The summed E-state index contributed by atoms with van der Waals surface area (Å²) in [6.07, 6.45) is -2.56. The molecular weight excluding hydrogens is 276 g/mol. The second-order valence-corrected chi connectivity index (χ2v) is 3.90. The van der Waals surface area contributed by atoms with Crippen molar-refractivity contribution in [3.05, 3.63) is 22.8 Å². The molecule has 0 fully saturated rings. The van der Waals surface area contributed by atoms with Gasteiger partial charge < -0.3 is 10.1 Å². The average Bonchev–Trinajstić information content (AvgIpc) is 2.30. The maximum absolute atomic E-state index is 12.6. The number of halogens is 5. The normalized spacial score (nSPS) is 11.9. The van der Waals surface area contributed by atoms with Crippen LogP contribution < -0.4 is 10.1 Å². The number of pyridine rings is 1. The SMILES string of the molecule is CNCc1cc(OCC(F)(F)C(F)F)ncc1Cl. The topological polar surface area (TPSA) is 34.1 Å². The van der Waals surface area contributed by atoms with Gasteiger partial charge in [0.15, 0.2) is 6.61 Å². The molecule has 18 heavy (non-hydrogen) atoms. The Morgan fingerprint density at radius 3 is 2.72 bits per heavy atom. The highest BCUT2D eigenvalue weighted by molar-refractivity contribution is 6.31. The van der Waals surface area contributed by atoms with Crippen LogP contribution in [-0.2, 0) is 6.54 Å². The first-order valence-corrected chi connectivity index (χ1v) is 5.32. The number of rotatable bonds is 6. The van der Waals surface area contributed by atoms with E-state index in [2.05, 4.69) is 15.0 Å². The van der Waals surface area contributed by atoms with E-state index in [1.54, 1.807) is 7.05 Å². The largest absolute Gasteiger partial charge is 0.471 e. The molecule has 102 valence electrons. The van der Waals surface area contributed by atoms with Gasteiger partial charge in [-0.25, -0.2) is 13.8 Å². The molecule has 0 radical (unpaired) electrons. The van der Waals surface area contributed by atoms with Gasteiger partial charge in [0.25, 0.3) is 0 Å². The van der Waals surface area contributed by atoms with Gasteiger partial charge in [-0.05, 0) is 12.6 Å². The molecule has 0 aliphatic carbocycles. The van der Waals surface area contributed by atoms with E-state index >= 15 is 0 Å². The van der Waals surface area contributed by atoms with Crippen LogP contribution in [0, 0.1) is 0 Å². The number of nitrogens with zero attached hydrogens (tertiary/aromatic N) is 1. The first-order valence-electron chi connectivity index (χ1n) is 4.94. The molecule has 3 nitrogen and oxygen atoms in total. The molecule has 0 aliphatic heterocycles. The highest BCUT2D eigenvalue weighted by atomic mass is 35.5. The summed E-state index contributed by atoms with van der Waals surface area (Å²) in [6.45, 7) is -1.05. The van der Waals surface area contributed by atoms with Crippen molar-refractivity contribution in [2.24, 2.45) is 0 Å². The smallest absolute Gasteiger partial charge is 0.340 e. The van der Waals surface area contributed by atoms with E-state index in [-0.39, 0.29) is 5.88 Å². The molecule has 1 aromatic rings. The molecule has 8 heteroatoms. The highest BCUT2D eigenvalue weighted by Gasteiger charge is 2.41. The zero-order valence-electron chi connectivity index (χ0n) is 9.39. The number of ether oxygens (including phenoxy) is 1. The van der Waals surface area contributed by atoms with Gasteiger partial charge in [0, 0.05) is 18.8 Å². The van der Waals surface area contributed by atoms with Crippen molar-refractivity contribution in [3.8, 4) is 5.88 Å². The zero-order chi connectivity index (χ0) is 13.8. The summed E-state index contributed by atoms with van der Waals surface area (Å²) in [5, 5.41) is 3.14. The summed E-state index contributed by atoms with van der Waals surface area (Å²) in [5.74, 6) is -4.38. The van der Waals surface area contributed by atoms with E-state index in [1.165, 1.54) is 12.3 Å². The van der Waals surface area contributed by atoms with Crippen LogP contribution >= 0.6 is 11.6 Å². The fourth-order valence-corrected chi connectivity index (χ4v) is 1.27. The van der Waals surface area contributed by atoms with Crippen molar-refractivity contribution in [3.63, 3.8) is 0 Å². The van der Waals surface area contributed by atoms with Gasteiger partial charge in [-0.15, -0.1) is 0 Å². The molecule has 0 amide bonds. The van der Waals surface area contributed by atoms with Gasteiger partial charge in [-0.1, -0.05) is 11.6 Å². The van der Waals surface area contributed by atoms with E-state index in [9.17, 15) is 17.6 Å². The van der Waals surface area contributed by atoms with Crippen molar-refractivity contribution in [1.82, 2.24) is 10.3 Å². The molecule has 0 saturated heterocycles. The molecule has 0 aromatic carbocycles. The lowest BCUT2D eigenvalue weighted by molar-refractivity contribution is -0.148. The van der Waals surface area contributed by atoms with E-state index in [4.69, 9.17) is 11.6 Å². The molecule has 1 heterocycles. The maximum Gasteiger partial charge on any atom is 0.340 e. The van der Waals surface area contributed by atoms with Gasteiger partial charge in [0.05, 0.1) is 5.02 Å². The van der Waals surface area contributed by atoms with E-state index in [0.717, 1.165) is 0 Å². The lowest BCUT2D eigenvalue weighted by atomic mass is 10.2. The second kappa shape index (κ2) is 6.19. The molecule has 1 aromatic heterocycles. The van der Waals surface area contributed by atoms with E-state index in [0.29, 0.717) is 17.1 Å². The lowest BCUT2D eigenvalue weighted by Crippen LogP contribution is -2.33. The van der Waals surface area contributed by atoms with Gasteiger partial charge >= 0.3 is 12.3 Å². The van der Waals surface area contributed by atoms with Crippen LogP contribution in [-0.4, -0.2) is 31.0 Å². The summed E-state index contributed by atoms with van der Waals surface area (Å²) >= 11 is 5.79. The van der Waals surface area contributed by atoms with Crippen LogP contribution in [0.3, 0.4) is 0 Å². The number of hydrogen-bond acceptors (Lipinski definition) is 3. The number of aromatic nitrogens is 1. The van der Waals surface area contributed by atoms with E-state index < -0.39 is 19.0 Å². The third-order valence-corrected chi connectivity index (χ3v) is 2.35. The summed E-state index contributed by atoms with van der Waals surface area (Å²) in [6, 6.07) is 1.32. The Bertz CT molecular complexity index is 403. The number of nitrogens with one attached hydrogen (secondary N) is 1. The first-order chi connectivity index (χ1) is 8.36. The fourth-order valence-electron chi connectivity index (χ4n) is 1.10. The fraction of sp³-hybridized carbons (Fsp3) is 0.500. The van der Waals surface area contributed by atoms with Gasteiger partial charge in [-0.3, -0.25) is 0 Å². The van der Waals surface area contributed by atoms with Crippen molar-refractivity contribution in [1.29, 1.82) is 0 Å². The van der Waals surface area contributed by atoms with Crippen LogP contribution in [0.2, 0.25) is 5.02 Å². The van der Waals surface area contributed by atoms with Crippen LogP contribution in [0.1, 0.15) is 5.56 Å². The Morgan fingerprint density at radius 1 is 1.50 bits per heavy atom. The van der Waals surface area contributed by atoms with Crippen LogP contribution in [0.4, 0.5) is 17.6 Å². The molecule has 1 rings (SSSR count). The van der Waals surface area contributed by atoms with Crippen LogP contribution in [0.15, 0.2) is 12.3 Å². The minimum atomic E-state index is -4.20. The van der Waals surface area contributed by atoms with Gasteiger partial charge in [0.1, 0.15) is 0 Å². The van der Waals surface area contributed by atoms with Gasteiger partial charge in [-0.2, -0.15) is 8.78 Å². The summed E-state index contributed by atoms with van der Waals surface area (Å²) in [7, 11) is 1.67. The van der Waals surface area contributed by atoms with Crippen molar-refractivity contribution in [2.45, 2.75) is 18.9 Å². The zero-order valence-corrected chi connectivity index (χ0v) is 10.1. The monoisotopic (exact) mass is 286 g/mol. The number of hydrogen-bond donors (Lipinski definition) is 1. The maximum atomic E-state index is 12.6. The Hall–Kier alpha value is -1.08.